The lowest BCUT2D eigenvalue weighted by atomic mass is 9.96. The topological polar surface area (TPSA) is 99.0 Å². The number of carbonyl (C=O) groups excluding carboxylic acids is 2. The maximum absolute atomic E-state index is 13.9. The molecule has 3 heterocycles. The number of allylic oxidation sites excluding steroid dienone is 1. The molecule has 0 unspecified atom stereocenters. The van der Waals surface area contributed by atoms with Gasteiger partial charge in [0.05, 0.1) is 36.1 Å². The molecule has 35 heavy (non-hydrogen) atoms. The Morgan fingerprint density at radius 1 is 1.09 bits per heavy atom. The van der Waals surface area contributed by atoms with Crippen LogP contribution in [0.25, 0.3) is 5.57 Å². The molecule has 9 heteroatoms. The van der Waals surface area contributed by atoms with E-state index in [0.29, 0.717) is 45.2 Å². The fraction of sp³-hybridized carbons (Fsp3) is 0.231. The molecule has 1 amide bonds. The Kier molecular flexibility index (Phi) is 5.86. The van der Waals surface area contributed by atoms with Crippen molar-refractivity contribution in [3.05, 3.63) is 90.6 Å². The molecule has 0 saturated heterocycles. The fourth-order valence-electron chi connectivity index (χ4n) is 4.41. The molecule has 0 fully saturated rings. The average Bonchev–Trinajstić information content (AvgIpc) is 3.34. The standard InChI is InChI=1S/C26H23N3O5S/c1-4-33-16-12-10-15(11-13-16)21-19(25(32)34-5-2)14(3)27-26-29(21)24(31)22(35-26)20-17-8-6-7-9-18(17)28-23(20)30/h6-13,21H,4-5H2,1-3H3,(H,28,30)/t21-/m1/s1. The third kappa shape index (κ3) is 3.77. The second-order valence-electron chi connectivity index (χ2n) is 8.00. The Morgan fingerprint density at radius 3 is 2.54 bits per heavy atom. The molecule has 0 radical (unpaired) electrons. The predicted octanol–water partition coefficient (Wildman–Crippen LogP) is 2.52. The lowest BCUT2D eigenvalue weighted by Gasteiger charge is -2.24. The van der Waals surface area contributed by atoms with Gasteiger partial charge < -0.3 is 14.8 Å². The summed E-state index contributed by atoms with van der Waals surface area (Å²) in [6.07, 6.45) is 0. The molecular formula is C26H23N3O5S. The molecule has 3 aromatic rings. The number of carbonyl (C=O) groups is 2. The number of nitrogens with one attached hydrogen (secondary N) is 1. The maximum atomic E-state index is 13.9. The summed E-state index contributed by atoms with van der Waals surface area (Å²) in [6.45, 7) is 6.07. The van der Waals surface area contributed by atoms with Crippen LogP contribution in [0.3, 0.4) is 0 Å². The van der Waals surface area contributed by atoms with Crippen molar-refractivity contribution < 1.29 is 19.1 Å². The normalized spacial score (nSPS) is 17.9. The van der Waals surface area contributed by atoms with E-state index in [2.05, 4.69) is 10.3 Å². The molecule has 1 atom stereocenters. The maximum Gasteiger partial charge on any atom is 0.338 e. The highest BCUT2D eigenvalue weighted by Crippen LogP contribution is 2.33. The van der Waals surface area contributed by atoms with Crippen molar-refractivity contribution in [2.45, 2.75) is 26.8 Å². The van der Waals surface area contributed by atoms with Crippen LogP contribution in [0.2, 0.25) is 0 Å². The Hall–Kier alpha value is -3.98. The first-order valence-corrected chi connectivity index (χ1v) is 12.1. The summed E-state index contributed by atoms with van der Waals surface area (Å²) in [5, 5.41) is 2.82. The molecule has 178 valence electrons. The minimum atomic E-state index is -0.755. The number of para-hydroxylation sites is 1. The monoisotopic (exact) mass is 489 g/mol. The van der Waals surface area contributed by atoms with Gasteiger partial charge in [0.1, 0.15) is 10.3 Å². The average molecular weight is 490 g/mol. The first-order chi connectivity index (χ1) is 16.9. The van der Waals surface area contributed by atoms with E-state index in [1.807, 2.05) is 31.2 Å². The summed E-state index contributed by atoms with van der Waals surface area (Å²) in [5.41, 5.74) is 2.72. The van der Waals surface area contributed by atoms with Crippen LogP contribution >= 0.6 is 11.3 Å². The summed E-state index contributed by atoms with van der Waals surface area (Å²) in [5.74, 6) is -0.187. The molecule has 2 aliphatic heterocycles. The smallest absolute Gasteiger partial charge is 0.338 e. The Bertz CT molecular complexity index is 1560. The first kappa shape index (κ1) is 22.8. The Balaban J connectivity index is 1.77. The van der Waals surface area contributed by atoms with Gasteiger partial charge in [0.2, 0.25) is 0 Å². The van der Waals surface area contributed by atoms with Gasteiger partial charge in [-0.1, -0.05) is 41.7 Å². The van der Waals surface area contributed by atoms with Gasteiger partial charge in [-0.2, -0.15) is 0 Å². The number of amides is 1. The van der Waals surface area contributed by atoms with Crippen LogP contribution in [-0.2, 0) is 14.3 Å². The summed E-state index contributed by atoms with van der Waals surface area (Å²) in [4.78, 5) is 44.7. The molecule has 2 aliphatic rings. The highest BCUT2D eigenvalue weighted by Gasteiger charge is 2.35. The van der Waals surface area contributed by atoms with Crippen molar-refractivity contribution in [1.29, 1.82) is 0 Å². The van der Waals surface area contributed by atoms with Gasteiger partial charge in [-0.15, -0.1) is 0 Å². The quantitative estimate of drug-likeness (QED) is 0.556. The van der Waals surface area contributed by atoms with E-state index in [9.17, 15) is 14.4 Å². The Morgan fingerprint density at radius 2 is 1.83 bits per heavy atom. The van der Waals surface area contributed by atoms with Crippen LogP contribution in [0.1, 0.15) is 37.9 Å². The molecule has 0 saturated carbocycles. The van der Waals surface area contributed by atoms with Gasteiger partial charge in [0.25, 0.3) is 11.5 Å². The van der Waals surface area contributed by atoms with E-state index in [4.69, 9.17) is 9.47 Å². The summed E-state index contributed by atoms with van der Waals surface area (Å²) >= 11 is 1.14. The number of hydrogen-bond acceptors (Lipinski definition) is 7. The van der Waals surface area contributed by atoms with Crippen molar-refractivity contribution in [2.75, 3.05) is 18.5 Å². The van der Waals surface area contributed by atoms with Gasteiger partial charge >= 0.3 is 5.97 Å². The van der Waals surface area contributed by atoms with E-state index in [-0.39, 0.29) is 28.2 Å². The second kappa shape index (κ2) is 8.99. The van der Waals surface area contributed by atoms with Gasteiger partial charge in [0.15, 0.2) is 4.80 Å². The van der Waals surface area contributed by atoms with Gasteiger partial charge in [0, 0.05) is 11.3 Å². The molecule has 2 aromatic carbocycles. The number of esters is 1. The number of ether oxygens (including phenoxy) is 2. The summed E-state index contributed by atoms with van der Waals surface area (Å²) < 4.78 is 12.6. The van der Waals surface area contributed by atoms with Crippen LogP contribution in [0.4, 0.5) is 5.69 Å². The second-order valence-corrected chi connectivity index (χ2v) is 8.98. The third-order valence-electron chi connectivity index (χ3n) is 5.90. The van der Waals surface area contributed by atoms with Crippen LogP contribution in [0.15, 0.2) is 69.6 Å². The zero-order valence-corrected chi connectivity index (χ0v) is 20.3. The molecule has 0 spiro atoms. The third-order valence-corrected chi connectivity index (χ3v) is 6.95. The number of benzene rings is 2. The molecular weight excluding hydrogens is 466 g/mol. The minimum Gasteiger partial charge on any atom is -0.494 e. The number of aromatic nitrogens is 1. The van der Waals surface area contributed by atoms with Crippen LogP contribution < -0.4 is 24.9 Å². The molecule has 8 nitrogen and oxygen atoms in total. The van der Waals surface area contributed by atoms with Crippen molar-refractivity contribution in [3.63, 3.8) is 0 Å². The number of nitrogens with zero attached hydrogens (tertiary/aromatic N) is 2. The summed E-state index contributed by atoms with van der Waals surface area (Å²) in [6, 6.07) is 13.7. The van der Waals surface area contributed by atoms with Crippen molar-refractivity contribution in [2.24, 2.45) is 4.99 Å². The van der Waals surface area contributed by atoms with E-state index in [0.717, 1.165) is 11.3 Å². The zero-order valence-electron chi connectivity index (χ0n) is 19.5. The van der Waals surface area contributed by atoms with Gasteiger partial charge in [-0.3, -0.25) is 14.2 Å². The van der Waals surface area contributed by atoms with Crippen molar-refractivity contribution in [1.82, 2.24) is 4.57 Å². The predicted molar refractivity (Wildman–Crippen MR) is 132 cm³/mol. The van der Waals surface area contributed by atoms with Crippen molar-refractivity contribution >= 4 is 34.5 Å². The van der Waals surface area contributed by atoms with Crippen LogP contribution in [-0.4, -0.2) is 29.7 Å². The first-order valence-electron chi connectivity index (χ1n) is 11.3. The van der Waals surface area contributed by atoms with Gasteiger partial charge in [-0.25, -0.2) is 9.79 Å². The van der Waals surface area contributed by atoms with Crippen molar-refractivity contribution in [3.8, 4) is 5.75 Å². The molecule has 5 rings (SSSR count). The van der Waals surface area contributed by atoms with Crippen LogP contribution in [0, 0.1) is 0 Å². The van der Waals surface area contributed by atoms with E-state index in [1.54, 1.807) is 38.1 Å². The summed E-state index contributed by atoms with van der Waals surface area (Å²) in [7, 11) is 0. The van der Waals surface area contributed by atoms with E-state index >= 15 is 0 Å². The SMILES string of the molecule is CCOC(=O)C1=C(C)N=c2sc(=C3C(=O)Nc4ccccc43)c(=O)n2[C@@H]1c1ccc(OCC)cc1. The van der Waals surface area contributed by atoms with E-state index in [1.165, 1.54) is 4.57 Å². The largest absolute Gasteiger partial charge is 0.494 e. The zero-order chi connectivity index (χ0) is 24.7. The van der Waals surface area contributed by atoms with Gasteiger partial charge in [-0.05, 0) is 44.5 Å². The fourth-order valence-corrected chi connectivity index (χ4v) is 5.56. The molecule has 0 bridgehead atoms. The highest BCUT2D eigenvalue weighted by atomic mass is 32.1. The minimum absolute atomic E-state index is 0.192. The lowest BCUT2D eigenvalue weighted by molar-refractivity contribution is -0.139. The molecule has 1 aromatic heterocycles. The van der Waals surface area contributed by atoms with E-state index < -0.39 is 12.0 Å². The van der Waals surface area contributed by atoms with Crippen LogP contribution in [0.5, 0.6) is 5.75 Å². The number of anilines is 1. The Labute approximate surface area is 204 Å². The number of rotatable bonds is 5. The number of hydrogen-bond donors (Lipinski definition) is 1. The lowest BCUT2D eigenvalue weighted by Crippen LogP contribution is -2.40. The molecule has 1 N–H and O–H groups in total. The number of fused-ring (bicyclic) bond motifs is 2. The number of thiazole rings is 1. The highest BCUT2D eigenvalue weighted by molar-refractivity contribution is 7.07. The molecule has 0 aliphatic carbocycles.